The molecule has 0 saturated carbocycles. The lowest BCUT2D eigenvalue weighted by molar-refractivity contribution is -0.116. The predicted octanol–water partition coefficient (Wildman–Crippen LogP) is 3.50. The zero-order chi connectivity index (χ0) is 15.4. The summed E-state index contributed by atoms with van der Waals surface area (Å²) in [6.07, 6.45) is 2.77. The zero-order valence-corrected chi connectivity index (χ0v) is 13.1. The Bertz CT molecular complexity index is 635. The molecule has 1 heterocycles. The topological polar surface area (TPSA) is 72.9 Å². The third kappa shape index (κ3) is 4.37. The van der Waals surface area contributed by atoms with Crippen molar-refractivity contribution in [1.29, 1.82) is 0 Å². The van der Waals surface area contributed by atoms with Crippen LogP contribution in [-0.2, 0) is 11.3 Å². The number of anilines is 2. The molecule has 0 unspecified atom stereocenters. The number of nitrogens with zero attached hydrogens (tertiary/aromatic N) is 2. The third-order valence-corrected chi connectivity index (χ3v) is 3.57. The number of nitrogens with two attached hydrogens (primary N) is 1. The molecule has 0 aliphatic heterocycles. The average molecular weight is 327 g/mol. The summed E-state index contributed by atoms with van der Waals surface area (Å²) in [6.45, 7) is 2.47. The van der Waals surface area contributed by atoms with E-state index < -0.39 is 0 Å². The molecular formula is C14H16Cl2N4O. The number of aromatic nitrogens is 2. The van der Waals surface area contributed by atoms with Gasteiger partial charge in [0.25, 0.3) is 0 Å². The fraction of sp³-hybridized carbons (Fsp3) is 0.286. The lowest BCUT2D eigenvalue weighted by atomic mass is 10.2. The molecule has 0 saturated heterocycles. The molecule has 2 rings (SSSR count). The van der Waals surface area contributed by atoms with E-state index in [1.807, 2.05) is 6.92 Å². The Balaban J connectivity index is 1.83. The molecule has 7 heteroatoms. The molecule has 5 nitrogen and oxygen atoms in total. The first kappa shape index (κ1) is 15.7. The maximum atomic E-state index is 11.9. The van der Waals surface area contributed by atoms with Crippen LogP contribution >= 0.6 is 23.2 Å². The standard InChI is InChI=1S/C14H16Cl2N4O/c1-9-11(16)8-20(19-9)6-2-3-14(21)18-13-7-10(15)4-5-12(13)17/h4-5,7-8H,2-3,6,17H2,1H3,(H,18,21). The maximum Gasteiger partial charge on any atom is 0.224 e. The molecule has 1 aromatic heterocycles. The second kappa shape index (κ2) is 6.83. The van der Waals surface area contributed by atoms with Gasteiger partial charge in [-0.3, -0.25) is 9.48 Å². The minimum atomic E-state index is -0.112. The van der Waals surface area contributed by atoms with E-state index in [1.165, 1.54) is 0 Å². The van der Waals surface area contributed by atoms with Gasteiger partial charge in [-0.1, -0.05) is 23.2 Å². The molecule has 0 bridgehead atoms. The Morgan fingerprint density at radius 2 is 2.19 bits per heavy atom. The van der Waals surface area contributed by atoms with Gasteiger partial charge in [0, 0.05) is 24.2 Å². The largest absolute Gasteiger partial charge is 0.397 e. The van der Waals surface area contributed by atoms with Crippen molar-refractivity contribution in [2.24, 2.45) is 0 Å². The molecule has 1 aromatic carbocycles. The maximum absolute atomic E-state index is 11.9. The van der Waals surface area contributed by atoms with Crippen LogP contribution in [0.1, 0.15) is 18.5 Å². The van der Waals surface area contributed by atoms with E-state index >= 15 is 0 Å². The number of carbonyl (C=O) groups is 1. The number of aryl methyl sites for hydroxylation is 2. The quantitative estimate of drug-likeness (QED) is 0.826. The molecule has 21 heavy (non-hydrogen) atoms. The second-order valence-corrected chi connectivity index (χ2v) is 5.55. The van der Waals surface area contributed by atoms with Crippen LogP contribution in [0.2, 0.25) is 10.0 Å². The number of rotatable bonds is 5. The van der Waals surface area contributed by atoms with E-state index in [0.29, 0.717) is 40.8 Å². The van der Waals surface area contributed by atoms with Crippen LogP contribution in [-0.4, -0.2) is 15.7 Å². The summed E-state index contributed by atoms with van der Waals surface area (Å²) in [7, 11) is 0. The van der Waals surface area contributed by atoms with Crippen molar-refractivity contribution < 1.29 is 4.79 Å². The fourth-order valence-electron chi connectivity index (χ4n) is 1.86. The first-order chi connectivity index (χ1) is 9.95. The Labute approximate surface area is 133 Å². The number of nitrogen functional groups attached to an aromatic ring is 1. The Morgan fingerprint density at radius 3 is 2.86 bits per heavy atom. The number of hydrogen-bond donors (Lipinski definition) is 2. The molecule has 0 aliphatic carbocycles. The summed E-state index contributed by atoms with van der Waals surface area (Å²) in [4.78, 5) is 11.9. The molecule has 1 amide bonds. The SMILES string of the molecule is Cc1nn(CCCC(=O)Nc2cc(Cl)ccc2N)cc1Cl. The molecular weight excluding hydrogens is 311 g/mol. The summed E-state index contributed by atoms with van der Waals surface area (Å²) in [5.74, 6) is -0.112. The van der Waals surface area contributed by atoms with Gasteiger partial charge in [-0.25, -0.2) is 0 Å². The third-order valence-electron chi connectivity index (χ3n) is 2.97. The highest BCUT2D eigenvalue weighted by atomic mass is 35.5. The number of benzene rings is 1. The summed E-state index contributed by atoms with van der Waals surface area (Å²) >= 11 is 11.8. The van der Waals surface area contributed by atoms with E-state index in [-0.39, 0.29) is 5.91 Å². The van der Waals surface area contributed by atoms with Crippen LogP contribution in [0.4, 0.5) is 11.4 Å². The van der Waals surface area contributed by atoms with Crippen molar-refractivity contribution >= 4 is 40.5 Å². The number of amides is 1. The lowest BCUT2D eigenvalue weighted by Crippen LogP contribution is -2.13. The van der Waals surface area contributed by atoms with Crippen LogP contribution < -0.4 is 11.1 Å². The molecule has 0 atom stereocenters. The van der Waals surface area contributed by atoms with Crippen molar-refractivity contribution in [3.63, 3.8) is 0 Å². The molecule has 0 spiro atoms. The molecule has 0 fully saturated rings. The first-order valence-electron chi connectivity index (χ1n) is 6.50. The highest BCUT2D eigenvalue weighted by Crippen LogP contribution is 2.23. The average Bonchev–Trinajstić information content (AvgIpc) is 2.73. The van der Waals surface area contributed by atoms with Gasteiger partial charge in [0.15, 0.2) is 0 Å². The summed E-state index contributed by atoms with van der Waals surface area (Å²) < 4.78 is 1.73. The Morgan fingerprint density at radius 1 is 1.43 bits per heavy atom. The van der Waals surface area contributed by atoms with Crippen LogP contribution in [0.25, 0.3) is 0 Å². The van der Waals surface area contributed by atoms with Crippen LogP contribution in [0.5, 0.6) is 0 Å². The number of hydrogen-bond acceptors (Lipinski definition) is 3. The normalized spacial score (nSPS) is 10.6. The smallest absolute Gasteiger partial charge is 0.224 e. The number of halogens is 2. The first-order valence-corrected chi connectivity index (χ1v) is 7.25. The van der Waals surface area contributed by atoms with Crippen molar-refractivity contribution in [3.05, 3.63) is 40.1 Å². The minimum absolute atomic E-state index is 0.112. The van der Waals surface area contributed by atoms with Gasteiger partial charge in [-0.15, -0.1) is 0 Å². The van der Waals surface area contributed by atoms with E-state index in [2.05, 4.69) is 10.4 Å². The van der Waals surface area contributed by atoms with Gasteiger partial charge < -0.3 is 11.1 Å². The second-order valence-electron chi connectivity index (χ2n) is 4.71. The van der Waals surface area contributed by atoms with Crippen LogP contribution in [0, 0.1) is 6.92 Å². The van der Waals surface area contributed by atoms with E-state index in [1.54, 1.807) is 29.1 Å². The minimum Gasteiger partial charge on any atom is -0.397 e. The molecule has 112 valence electrons. The van der Waals surface area contributed by atoms with Gasteiger partial charge in [-0.2, -0.15) is 5.10 Å². The Hall–Kier alpha value is -1.72. The highest BCUT2D eigenvalue weighted by Gasteiger charge is 2.07. The van der Waals surface area contributed by atoms with E-state index in [9.17, 15) is 4.79 Å². The van der Waals surface area contributed by atoms with Gasteiger partial charge >= 0.3 is 0 Å². The summed E-state index contributed by atoms with van der Waals surface area (Å²) in [5.41, 5.74) is 7.58. The zero-order valence-electron chi connectivity index (χ0n) is 11.6. The highest BCUT2D eigenvalue weighted by molar-refractivity contribution is 6.31. The summed E-state index contributed by atoms with van der Waals surface area (Å²) in [5, 5.41) is 8.14. The van der Waals surface area contributed by atoms with Crippen molar-refractivity contribution in [3.8, 4) is 0 Å². The lowest BCUT2D eigenvalue weighted by Gasteiger charge is -2.08. The number of carbonyl (C=O) groups excluding carboxylic acids is 1. The van der Waals surface area contributed by atoms with Gasteiger partial charge in [-0.05, 0) is 31.5 Å². The molecule has 0 radical (unpaired) electrons. The van der Waals surface area contributed by atoms with Crippen molar-refractivity contribution in [2.75, 3.05) is 11.1 Å². The molecule has 2 aromatic rings. The Kier molecular flexibility index (Phi) is 5.09. The van der Waals surface area contributed by atoms with Gasteiger partial charge in [0.2, 0.25) is 5.91 Å². The van der Waals surface area contributed by atoms with Crippen molar-refractivity contribution in [2.45, 2.75) is 26.3 Å². The van der Waals surface area contributed by atoms with Gasteiger partial charge in [0.1, 0.15) is 0 Å². The van der Waals surface area contributed by atoms with Crippen LogP contribution in [0.3, 0.4) is 0 Å². The van der Waals surface area contributed by atoms with E-state index in [4.69, 9.17) is 28.9 Å². The fourth-order valence-corrected chi connectivity index (χ4v) is 2.18. The number of nitrogens with one attached hydrogen (secondary N) is 1. The molecule has 3 N–H and O–H groups in total. The summed E-state index contributed by atoms with van der Waals surface area (Å²) in [6, 6.07) is 4.97. The van der Waals surface area contributed by atoms with E-state index in [0.717, 1.165) is 5.69 Å². The monoisotopic (exact) mass is 326 g/mol. The van der Waals surface area contributed by atoms with Crippen LogP contribution in [0.15, 0.2) is 24.4 Å². The van der Waals surface area contributed by atoms with Crippen molar-refractivity contribution in [1.82, 2.24) is 9.78 Å². The predicted molar refractivity (Wildman–Crippen MR) is 85.7 cm³/mol. The van der Waals surface area contributed by atoms with Gasteiger partial charge in [0.05, 0.1) is 22.1 Å². The molecule has 0 aliphatic rings.